The van der Waals surface area contributed by atoms with Gasteiger partial charge in [-0.05, 0) is 72.2 Å². The molecule has 4 aromatic rings. The van der Waals surface area contributed by atoms with Gasteiger partial charge in [0, 0.05) is 28.9 Å². The van der Waals surface area contributed by atoms with Crippen molar-refractivity contribution in [2.75, 3.05) is 44.0 Å². The van der Waals surface area contributed by atoms with E-state index in [9.17, 15) is 40.3 Å². The number of carbonyl (C=O) groups excluding carboxylic acids is 2. The molecule has 0 bridgehead atoms. The summed E-state index contributed by atoms with van der Waals surface area (Å²) in [7, 11) is 1.38. The van der Waals surface area contributed by atoms with E-state index in [1.165, 1.54) is 7.11 Å². The number of nitrogens with zero attached hydrogens (tertiary/aromatic N) is 1. The van der Waals surface area contributed by atoms with E-state index in [-0.39, 0.29) is 43.3 Å². The average molecular weight is 708 g/mol. The second kappa shape index (κ2) is 12.0. The van der Waals surface area contributed by atoms with E-state index >= 15 is 0 Å². The summed E-state index contributed by atoms with van der Waals surface area (Å²) in [6.45, 7) is 3.52. The molecular formula is C34H28F7N3O4S. The predicted molar refractivity (Wildman–Crippen MR) is 168 cm³/mol. The lowest BCUT2D eigenvalue weighted by molar-refractivity contribution is -0.158. The molecule has 3 fully saturated rings. The zero-order valence-electron chi connectivity index (χ0n) is 25.7. The number of thiophene rings is 1. The Morgan fingerprint density at radius 3 is 2.29 bits per heavy atom. The lowest BCUT2D eigenvalue weighted by atomic mass is 9.56. The highest BCUT2D eigenvalue weighted by molar-refractivity contribution is 7.21. The molecule has 3 aromatic carbocycles. The zero-order valence-corrected chi connectivity index (χ0v) is 26.5. The molecule has 2 saturated heterocycles. The smallest absolute Gasteiger partial charge is 0.419 e. The van der Waals surface area contributed by atoms with Gasteiger partial charge in [0.05, 0.1) is 48.7 Å². The van der Waals surface area contributed by atoms with Crippen molar-refractivity contribution in [2.24, 2.45) is 5.41 Å². The number of carbonyl (C=O) groups is 2. The average Bonchev–Trinajstić information content (AvgIpc) is 3.34. The normalized spacial score (nSPS) is 18.1. The number of alkyl halides is 6. The summed E-state index contributed by atoms with van der Waals surface area (Å²) in [5, 5.41) is 5.01. The third kappa shape index (κ3) is 6.23. The quantitative estimate of drug-likeness (QED) is 0.190. The maximum absolute atomic E-state index is 13.9. The van der Waals surface area contributed by atoms with Crippen molar-refractivity contribution in [2.45, 2.75) is 37.2 Å². The SMILES string of the molecule is COc1ccc(C2CC3(C2)CN(C2COC2)C3)cc1C(=O)Nc1c(C(=O)Nc2ccc(F)c(C(F)(F)F)c2)sc2cc(C(F)(F)F)ccc12. The number of methoxy groups -OCH3 is 1. The van der Waals surface area contributed by atoms with Crippen molar-refractivity contribution in [1.82, 2.24) is 4.90 Å². The van der Waals surface area contributed by atoms with Gasteiger partial charge in [-0.3, -0.25) is 14.5 Å². The van der Waals surface area contributed by atoms with Crippen LogP contribution in [0.4, 0.5) is 42.1 Å². The Kier molecular flexibility index (Phi) is 8.14. The van der Waals surface area contributed by atoms with Crippen LogP contribution in [0, 0.1) is 11.2 Å². The summed E-state index contributed by atoms with van der Waals surface area (Å²) in [6.07, 6.45) is -7.85. The van der Waals surface area contributed by atoms with Gasteiger partial charge in [0.2, 0.25) is 0 Å². The monoisotopic (exact) mass is 707 g/mol. The summed E-state index contributed by atoms with van der Waals surface area (Å²) in [6, 6.07) is 10.3. The van der Waals surface area contributed by atoms with Crippen LogP contribution in [-0.2, 0) is 17.1 Å². The molecule has 0 atom stereocenters. The summed E-state index contributed by atoms with van der Waals surface area (Å²) < 4.78 is 105. The second-order valence-electron chi connectivity index (χ2n) is 12.8. The lowest BCUT2D eigenvalue weighted by Crippen LogP contribution is -2.67. The van der Waals surface area contributed by atoms with Crippen molar-refractivity contribution >= 4 is 44.6 Å². The van der Waals surface area contributed by atoms with Gasteiger partial charge in [-0.1, -0.05) is 12.1 Å². The number of rotatable bonds is 7. The van der Waals surface area contributed by atoms with Crippen LogP contribution in [0.1, 0.15) is 55.5 Å². The van der Waals surface area contributed by atoms with Crippen LogP contribution in [-0.4, -0.2) is 56.2 Å². The fraction of sp³-hybridized carbons (Fsp3) is 0.353. The van der Waals surface area contributed by atoms with Gasteiger partial charge in [-0.2, -0.15) is 26.3 Å². The molecule has 15 heteroatoms. The first kappa shape index (κ1) is 33.3. The number of hydrogen-bond acceptors (Lipinski definition) is 6. The standard InChI is InChI=1S/C34H28F7N3O4S/c1-47-26-7-2-17(18-11-32(12-18)15-44(16-32)21-13-48-14-21)8-23(26)30(45)43-28-22-5-3-19(33(36,37)38)9-27(22)49-29(28)31(46)42-20-4-6-25(35)24(10-20)34(39,40)41/h2-10,18,21H,11-16H2,1H3,(H,42,46)(H,43,45). The molecule has 2 N–H and O–H groups in total. The number of amides is 2. The number of hydrogen-bond donors (Lipinski definition) is 2. The van der Waals surface area contributed by atoms with Crippen molar-refractivity contribution in [3.8, 4) is 5.75 Å². The summed E-state index contributed by atoms with van der Waals surface area (Å²) in [5.74, 6) is -2.84. The Bertz CT molecular complexity index is 1960. The Labute approximate surface area is 279 Å². The first-order valence-electron chi connectivity index (χ1n) is 15.3. The molecule has 1 saturated carbocycles. The maximum Gasteiger partial charge on any atom is 0.419 e. The molecule has 7 nitrogen and oxygen atoms in total. The van der Waals surface area contributed by atoms with Crippen molar-refractivity contribution in [3.63, 3.8) is 0 Å². The van der Waals surface area contributed by atoms with Gasteiger partial charge < -0.3 is 20.1 Å². The first-order chi connectivity index (χ1) is 23.1. The van der Waals surface area contributed by atoms with Gasteiger partial charge in [-0.25, -0.2) is 4.39 Å². The van der Waals surface area contributed by atoms with Crippen LogP contribution in [0.25, 0.3) is 10.1 Å². The molecular weight excluding hydrogens is 679 g/mol. The maximum atomic E-state index is 13.9. The predicted octanol–water partition coefficient (Wildman–Crippen LogP) is 8.17. The van der Waals surface area contributed by atoms with Gasteiger partial charge >= 0.3 is 12.4 Å². The van der Waals surface area contributed by atoms with Gasteiger partial charge in [-0.15, -0.1) is 11.3 Å². The second-order valence-corrected chi connectivity index (χ2v) is 13.8. The van der Waals surface area contributed by atoms with E-state index in [4.69, 9.17) is 9.47 Å². The summed E-state index contributed by atoms with van der Waals surface area (Å²) in [5.41, 5.74) is -1.87. The summed E-state index contributed by atoms with van der Waals surface area (Å²) in [4.78, 5) is 29.4. The Balaban J connectivity index is 1.17. The molecule has 7 rings (SSSR count). The van der Waals surface area contributed by atoms with E-state index in [1.807, 2.05) is 6.07 Å². The minimum absolute atomic E-state index is 0.00570. The molecule has 0 radical (unpaired) electrons. The first-order valence-corrected chi connectivity index (χ1v) is 16.1. The van der Waals surface area contributed by atoms with Crippen LogP contribution < -0.4 is 15.4 Å². The van der Waals surface area contributed by atoms with Crippen molar-refractivity contribution in [3.05, 3.63) is 87.5 Å². The third-order valence-corrected chi connectivity index (χ3v) is 10.7. The molecule has 258 valence electrons. The highest BCUT2D eigenvalue weighted by Crippen LogP contribution is 2.57. The number of anilines is 2. The Morgan fingerprint density at radius 1 is 0.918 bits per heavy atom. The lowest BCUT2D eigenvalue weighted by Gasteiger charge is -2.62. The van der Waals surface area contributed by atoms with Crippen molar-refractivity contribution < 1.29 is 49.8 Å². The number of fused-ring (bicyclic) bond motifs is 1. The van der Waals surface area contributed by atoms with Crippen LogP contribution in [0.2, 0.25) is 0 Å². The molecule has 0 unspecified atom stereocenters. The van der Waals surface area contributed by atoms with Crippen molar-refractivity contribution in [1.29, 1.82) is 0 Å². The van der Waals surface area contributed by atoms with Crippen LogP contribution >= 0.6 is 11.3 Å². The number of nitrogens with one attached hydrogen (secondary N) is 2. The third-order valence-electron chi connectivity index (χ3n) is 9.50. The van der Waals surface area contributed by atoms with Crippen LogP contribution in [0.5, 0.6) is 5.75 Å². The van der Waals surface area contributed by atoms with Crippen LogP contribution in [0.15, 0.2) is 54.6 Å². The van der Waals surface area contributed by atoms with Gasteiger partial charge in [0.1, 0.15) is 16.4 Å². The Morgan fingerprint density at radius 2 is 1.65 bits per heavy atom. The largest absolute Gasteiger partial charge is 0.496 e. The number of ether oxygens (including phenoxy) is 2. The zero-order chi connectivity index (χ0) is 34.9. The van der Waals surface area contributed by atoms with E-state index in [2.05, 4.69) is 15.5 Å². The molecule has 3 heterocycles. The van der Waals surface area contributed by atoms with Crippen LogP contribution in [0.3, 0.4) is 0 Å². The Hall–Kier alpha value is -4.21. The summed E-state index contributed by atoms with van der Waals surface area (Å²) >= 11 is 0.613. The molecule has 3 aliphatic rings. The fourth-order valence-corrected chi connectivity index (χ4v) is 7.98. The number of benzene rings is 3. The van der Waals surface area contributed by atoms with E-state index in [0.717, 1.165) is 69.0 Å². The minimum Gasteiger partial charge on any atom is -0.496 e. The number of halogens is 7. The fourth-order valence-electron chi connectivity index (χ4n) is 6.89. The highest BCUT2D eigenvalue weighted by Gasteiger charge is 2.54. The number of likely N-dealkylation sites (tertiary alicyclic amines) is 1. The molecule has 49 heavy (non-hydrogen) atoms. The van der Waals surface area contributed by atoms with E-state index in [0.29, 0.717) is 29.5 Å². The van der Waals surface area contributed by atoms with Gasteiger partial charge in [0.25, 0.3) is 11.8 Å². The molecule has 1 aliphatic carbocycles. The van der Waals surface area contributed by atoms with Gasteiger partial charge in [0.15, 0.2) is 0 Å². The molecule has 2 amide bonds. The van der Waals surface area contributed by atoms with E-state index in [1.54, 1.807) is 12.1 Å². The topological polar surface area (TPSA) is 79.9 Å². The molecule has 1 spiro atoms. The van der Waals surface area contributed by atoms with E-state index < -0.39 is 46.8 Å². The molecule has 1 aromatic heterocycles. The minimum atomic E-state index is -5.05. The highest BCUT2D eigenvalue weighted by atomic mass is 32.1. The molecule has 2 aliphatic heterocycles.